The largest absolute Gasteiger partial charge is 0.339 e. The lowest BCUT2D eigenvalue weighted by Crippen LogP contribution is -2.48. The van der Waals surface area contributed by atoms with Crippen molar-refractivity contribution in [3.8, 4) is 0 Å². The number of rotatable bonds is 7. The van der Waals surface area contributed by atoms with Crippen LogP contribution in [0.5, 0.6) is 0 Å². The summed E-state index contributed by atoms with van der Waals surface area (Å²) in [6, 6.07) is 10.0. The Hall–Kier alpha value is -1.72. The highest BCUT2D eigenvalue weighted by Gasteiger charge is 2.22. The molecule has 1 aromatic carbocycles. The van der Waals surface area contributed by atoms with Crippen LogP contribution in [0.15, 0.2) is 40.7 Å². The van der Waals surface area contributed by atoms with Gasteiger partial charge in [-0.3, -0.25) is 9.69 Å². The Morgan fingerprint density at radius 1 is 1.10 bits per heavy atom. The third-order valence-electron chi connectivity index (χ3n) is 4.55. The maximum Gasteiger partial charge on any atom is 0.233 e. The van der Waals surface area contributed by atoms with E-state index in [1.807, 2.05) is 11.0 Å². The van der Waals surface area contributed by atoms with Crippen LogP contribution in [0.3, 0.4) is 0 Å². The highest BCUT2D eigenvalue weighted by atomic mass is 35.5. The third-order valence-corrected chi connectivity index (χ3v) is 7.73. The van der Waals surface area contributed by atoms with Crippen molar-refractivity contribution in [2.75, 3.05) is 37.2 Å². The molecular weight excluding hydrogens is 465 g/mol. The van der Waals surface area contributed by atoms with Crippen molar-refractivity contribution in [1.82, 2.24) is 20.0 Å². The van der Waals surface area contributed by atoms with Gasteiger partial charge in [-0.15, -0.1) is 21.5 Å². The number of aromatic nitrogens is 2. The highest BCUT2D eigenvalue weighted by molar-refractivity contribution is 8.01. The van der Waals surface area contributed by atoms with Crippen LogP contribution in [0.4, 0.5) is 15.2 Å². The van der Waals surface area contributed by atoms with E-state index in [0.29, 0.717) is 10.9 Å². The van der Waals surface area contributed by atoms with Crippen LogP contribution < -0.4 is 5.32 Å². The van der Waals surface area contributed by atoms with Gasteiger partial charge in [-0.05, 0) is 36.4 Å². The van der Waals surface area contributed by atoms with Crippen molar-refractivity contribution >= 4 is 62.8 Å². The molecule has 2 aromatic heterocycles. The summed E-state index contributed by atoms with van der Waals surface area (Å²) in [5.74, 6) is 0.164. The van der Waals surface area contributed by atoms with Crippen LogP contribution in [0, 0.1) is 5.82 Å². The van der Waals surface area contributed by atoms with E-state index in [-0.39, 0.29) is 11.7 Å². The van der Waals surface area contributed by atoms with Crippen molar-refractivity contribution in [3.63, 3.8) is 0 Å². The van der Waals surface area contributed by atoms with E-state index >= 15 is 0 Å². The first-order valence-electron chi connectivity index (χ1n) is 9.28. The first kappa shape index (κ1) is 21.5. The van der Waals surface area contributed by atoms with E-state index in [4.69, 9.17) is 11.6 Å². The van der Waals surface area contributed by atoms with Gasteiger partial charge in [0, 0.05) is 43.3 Å². The molecule has 0 unspecified atom stereocenters. The van der Waals surface area contributed by atoms with Crippen LogP contribution in [-0.2, 0) is 11.3 Å². The number of thiophene rings is 1. The molecule has 0 aliphatic carbocycles. The number of halogens is 2. The fraction of sp³-hybridized carbons (Fsp3) is 0.316. The molecule has 1 N–H and O–H groups in total. The Morgan fingerprint density at radius 2 is 1.87 bits per heavy atom. The van der Waals surface area contributed by atoms with Crippen LogP contribution >= 0.6 is 46.0 Å². The maximum atomic E-state index is 13.0. The van der Waals surface area contributed by atoms with E-state index in [2.05, 4.69) is 26.5 Å². The number of carbonyl (C=O) groups excluding carboxylic acids is 1. The van der Waals surface area contributed by atoms with Crippen molar-refractivity contribution in [3.05, 3.63) is 51.4 Å². The molecule has 1 aliphatic heterocycles. The predicted molar refractivity (Wildman–Crippen MR) is 122 cm³/mol. The number of hydrogen-bond donors (Lipinski definition) is 1. The van der Waals surface area contributed by atoms with Gasteiger partial charge in [0.2, 0.25) is 11.0 Å². The predicted octanol–water partition coefficient (Wildman–Crippen LogP) is 4.57. The number of benzene rings is 1. The van der Waals surface area contributed by atoms with Gasteiger partial charge < -0.3 is 10.2 Å². The SMILES string of the molecule is O=C(CSc1nnc(Nc2ccc(F)cc2)s1)N1CCN(Cc2ccc(Cl)s2)CC1. The molecule has 0 atom stereocenters. The minimum atomic E-state index is -0.288. The smallest absolute Gasteiger partial charge is 0.233 e. The second kappa shape index (κ2) is 10.1. The molecule has 1 fully saturated rings. The van der Waals surface area contributed by atoms with E-state index in [1.165, 1.54) is 40.1 Å². The molecule has 1 aliphatic rings. The van der Waals surface area contributed by atoms with Crippen LogP contribution in [-0.4, -0.2) is 57.8 Å². The summed E-state index contributed by atoms with van der Waals surface area (Å²) in [5, 5.41) is 11.9. The van der Waals surface area contributed by atoms with Gasteiger partial charge >= 0.3 is 0 Å². The van der Waals surface area contributed by atoms with Gasteiger partial charge in [0.25, 0.3) is 0 Å². The molecule has 3 aromatic rings. The molecule has 4 rings (SSSR count). The van der Waals surface area contributed by atoms with Crippen LogP contribution in [0.1, 0.15) is 4.88 Å². The summed E-state index contributed by atoms with van der Waals surface area (Å²) in [7, 11) is 0. The number of nitrogens with one attached hydrogen (secondary N) is 1. The summed E-state index contributed by atoms with van der Waals surface area (Å²) < 4.78 is 14.5. The van der Waals surface area contributed by atoms with Gasteiger partial charge in [-0.1, -0.05) is 34.7 Å². The molecule has 1 amide bonds. The van der Waals surface area contributed by atoms with Gasteiger partial charge in [-0.2, -0.15) is 0 Å². The Kier molecular flexibility index (Phi) is 7.21. The molecule has 1 saturated heterocycles. The Morgan fingerprint density at radius 3 is 2.57 bits per heavy atom. The molecule has 11 heteroatoms. The lowest BCUT2D eigenvalue weighted by atomic mass is 10.3. The zero-order chi connectivity index (χ0) is 20.9. The van der Waals surface area contributed by atoms with E-state index in [0.717, 1.165) is 47.1 Å². The number of carbonyl (C=O) groups is 1. The topological polar surface area (TPSA) is 61.4 Å². The minimum Gasteiger partial charge on any atom is -0.339 e. The van der Waals surface area contributed by atoms with Crippen molar-refractivity contribution in [2.24, 2.45) is 0 Å². The number of hydrogen-bond acceptors (Lipinski definition) is 8. The van der Waals surface area contributed by atoms with Gasteiger partial charge in [0.05, 0.1) is 10.1 Å². The lowest BCUT2D eigenvalue weighted by Gasteiger charge is -2.34. The van der Waals surface area contributed by atoms with Crippen LogP contribution in [0.25, 0.3) is 0 Å². The highest BCUT2D eigenvalue weighted by Crippen LogP contribution is 2.28. The summed E-state index contributed by atoms with van der Waals surface area (Å²) in [4.78, 5) is 18.0. The monoisotopic (exact) mass is 483 g/mol. The van der Waals surface area contributed by atoms with E-state index in [9.17, 15) is 9.18 Å². The van der Waals surface area contributed by atoms with Gasteiger partial charge in [0.1, 0.15) is 5.82 Å². The zero-order valence-electron chi connectivity index (χ0n) is 15.9. The number of thioether (sulfide) groups is 1. The second-order valence-corrected chi connectivity index (χ2v) is 10.7. The average Bonchev–Trinajstić information content (AvgIpc) is 3.37. The number of piperazine rings is 1. The first-order valence-corrected chi connectivity index (χ1v) is 12.3. The molecule has 30 heavy (non-hydrogen) atoms. The van der Waals surface area contributed by atoms with Crippen molar-refractivity contribution < 1.29 is 9.18 Å². The number of amides is 1. The molecule has 6 nitrogen and oxygen atoms in total. The third kappa shape index (κ3) is 5.92. The number of nitrogens with zero attached hydrogens (tertiary/aromatic N) is 4. The molecule has 0 spiro atoms. The fourth-order valence-corrected chi connectivity index (χ4v) is 5.81. The molecule has 0 radical (unpaired) electrons. The fourth-order valence-electron chi connectivity index (χ4n) is 3.00. The zero-order valence-corrected chi connectivity index (χ0v) is 19.1. The molecule has 0 saturated carbocycles. The first-order chi connectivity index (χ1) is 14.5. The molecule has 3 heterocycles. The van der Waals surface area contributed by atoms with E-state index < -0.39 is 0 Å². The summed E-state index contributed by atoms with van der Waals surface area (Å²) in [5.41, 5.74) is 0.739. The standard InChI is InChI=1S/C19H19ClFN5OS3/c20-16-6-5-15(29-16)11-25-7-9-26(10-8-25)17(27)12-28-19-24-23-18(30-19)22-14-3-1-13(21)2-4-14/h1-6H,7-12H2,(H,22,23). The molecule has 0 bridgehead atoms. The Balaban J connectivity index is 1.20. The van der Waals surface area contributed by atoms with Gasteiger partial charge in [-0.25, -0.2) is 4.39 Å². The Bertz CT molecular complexity index is 988. The summed E-state index contributed by atoms with van der Waals surface area (Å²) in [6.45, 7) is 4.05. The minimum absolute atomic E-state index is 0.113. The van der Waals surface area contributed by atoms with Crippen LogP contribution in [0.2, 0.25) is 4.34 Å². The maximum absolute atomic E-state index is 13.0. The molecular formula is C19H19ClFN5OS3. The lowest BCUT2D eigenvalue weighted by molar-refractivity contribution is -0.130. The normalized spacial score (nSPS) is 14.8. The average molecular weight is 484 g/mol. The van der Waals surface area contributed by atoms with Crippen molar-refractivity contribution in [1.29, 1.82) is 0 Å². The second-order valence-electron chi connectivity index (χ2n) is 6.66. The Labute approximate surface area is 191 Å². The summed E-state index contributed by atoms with van der Waals surface area (Å²) in [6.07, 6.45) is 0. The van der Waals surface area contributed by atoms with E-state index in [1.54, 1.807) is 23.5 Å². The van der Waals surface area contributed by atoms with Crippen molar-refractivity contribution in [2.45, 2.75) is 10.9 Å². The quantitative estimate of drug-likeness (QED) is 0.496. The molecule has 158 valence electrons. The number of anilines is 2. The van der Waals surface area contributed by atoms with Gasteiger partial charge in [0.15, 0.2) is 4.34 Å². The summed E-state index contributed by atoms with van der Waals surface area (Å²) >= 11 is 10.4.